The molecule has 2 aromatic heterocycles. The summed E-state index contributed by atoms with van der Waals surface area (Å²) in [5.74, 6) is -0.333. The van der Waals surface area contributed by atoms with Gasteiger partial charge in [0, 0.05) is 52.2 Å². The SMILES string of the molecule is Cc1cc(=O)c(C(=O)NC[C@@H]2CCCO2)c2n1-c1ccc(Cl)cc1S[C@H](c1ccsc1)C2. The normalized spacial score (nSPS) is 19.8. The average molecular weight is 487 g/mol. The van der Waals surface area contributed by atoms with Crippen LogP contribution in [0.15, 0.2) is 50.8 Å². The molecule has 4 heterocycles. The molecule has 32 heavy (non-hydrogen) atoms. The third-order valence-electron chi connectivity index (χ3n) is 5.96. The maximum Gasteiger partial charge on any atom is 0.257 e. The lowest BCUT2D eigenvalue weighted by Crippen LogP contribution is -2.36. The van der Waals surface area contributed by atoms with E-state index in [1.807, 2.05) is 29.7 Å². The van der Waals surface area contributed by atoms with Gasteiger partial charge in [-0.25, -0.2) is 0 Å². The van der Waals surface area contributed by atoms with E-state index in [1.165, 1.54) is 5.56 Å². The highest BCUT2D eigenvalue weighted by Gasteiger charge is 2.30. The van der Waals surface area contributed by atoms with Crippen LogP contribution in [0.2, 0.25) is 5.02 Å². The monoisotopic (exact) mass is 486 g/mol. The second-order valence-electron chi connectivity index (χ2n) is 8.13. The molecule has 1 aromatic carbocycles. The van der Waals surface area contributed by atoms with Crippen LogP contribution in [0.25, 0.3) is 5.69 Å². The predicted octanol–water partition coefficient (Wildman–Crippen LogP) is 5.16. The first kappa shape index (κ1) is 21.8. The minimum absolute atomic E-state index is 0.0164. The number of ether oxygens (including phenoxy) is 1. The fraction of sp³-hybridized carbons (Fsp3) is 0.333. The molecule has 5 nitrogen and oxygen atoms in total. The lowest BCUT2D eigenvalue weighted by Gasteiger charge is -2.20. The van der Waals surface area contributed by atoms with Crippen LogP contribution in [0.5, 0.6) is 0 Å². The van der Waals surface area contributed by atoms with E-state index in [4.69, 9.17) is 16.3 Å². The number of benzene rings is 1. The molecule has 0 aliphatic carbocycles. The van der Waals surface area contributed by atoms with Gasteiger partial charge in [-0.15, -0.1) is 11.8 Å². The smallest absolute Gasteiger partial charge is 0.257 e. The Kier molecular flexibility index (Phi) is 6.16. The highest BCUT2D eigenvalue weighted by Crippen LogP contribution is 2.45. The van der Waals surface area contributed by atoms with E-state index in [0.29, 0.717) is 18.0 Å². The molecular formula is C24H23ClN2O3S2. The van der Waals surface area contributed by atoms with Crippen LogP contribution >= 0.6 is 34.7 Å². The van der Waals surface area contributed by atoms with Gasteiger partial charge in [-0.2, -0.15) is 11.3 Å². The topological polar surface area (TPSA) is 60.3 Å². The molecule has 0 radical (unpaired) electrons. The Balaban J connectivity index is 1.63. The van der Waals surface area contributed by atoms with Gasteiger partial charge < -0.3 is 14.6 Å². The number of rotatable bonds is 4. The zero-order valence-corrected chi connectivity index (χ0v) is 20.0. The van der Waals surface area contributed by atoms with Gasteiger partial charge in [0.1, 0.15) is 5.56 Å². The van der Waals surface area contributed by atoms with Crippen LogP contribution in [0.1, 0.15) is 45.4 Å². The van der Waals surface area contributed by atoms with Crippen LogP contribution in [0.4, 0.5) is 0 Å². The minimum atomic E-state index is -0.333. The van der Waals surface area contributed by atoms with Gasteiger partial charge in [0.25, 0.3) is 5.91 Å². The quantitative estimate of drug-likeness (QED) is 0.553. The Hall–Kier alpha value is -2.06. The number of aryl methyl sites for hydroxylation is 1. The number of thioether (sulfide) groups is 1. The first-order valence-electron chi connectivity index (χ1n) is 10.7. The Labute approximate surface area is 199 Å². The van der Waals surface area contributed by atoms with Crippen molar-refractivity contribution in [3.05, 3.63) is 78.9 Å². The largest absolute Gasteiger partial charge is 0.376 e. The van der Waals surface area contributed by atoms with E-state index in [2.05, 4.69) is 22.1 Å². The third kappa shape index (κ3) is 4.15. The van der Waals surface area contributed by atoms with Gasteiger partial charge >= 0.3 is 0 Å². The second-order valence-corrected chi connectivity index (χ2v) is 10.6. The van der Waals surface area contributed by atoms with Crippen molar-refractivity contribution in [3.63, 3.8) is 0 Å². The van der Waals surface area contributed by atoms with Gasteiger partial charge in [-0.3, -0.25) is 9.59 Å². The number of nitrogens with one attached hydrogen (secondary N) is 1. The fourth-order valence-corrected chi connectivity index (χ4v) is 6.79. The average Bonchev–Trinajstić information content (AvgIpc) is 3.44. The summed E-state index contributed by atoms with van der Waals surface area (Å²) < 4.78 is 7.68. The Morgan fingerprint density at radius 3 is 2.94 bits per heavy atom. The maximum atomic E-state index is 13.3. The number of nitrogens with zero attached hydrogens (tertiary/aromatic N) is 1. The van der Waals surface area contributed by atoms with Crippen LogP contribution < -0.4 is 10.7 Å². The molecule has 0 saturated carbocycles. The molecule has 1 saturated heterocycles. The number of amides is 1. The van der Waals surface area contributed by atoms with E-state index < -0.39 is 0 Å². The first-order valence-corrected chi connectivity index (χ1v) is 12.9. The zero-order valence-electron chi connectivity index (χ0n) is 17.6. The number of carbonyl (C=O) groups excluding carboxylic acids is 1. The number of pyridine rings is 1. The summed E-state index contributed by atoms with van der Waals surface area (Å²) in [6, 6.07) is 9.44. The van der Waals surface area contributed by atoms with E-state index in [0.717, 1.165) is 41.4 Å². The molecule has 2 aliphatic heterocycles. The van der Waals surface area contributed by atoms with Crippen molar-refractivity contribution in [3.8, 4) is 5.69 Å². The van der Waals surface area contributed by atoms with Crippen LogP contribution in [0, 0.1) is 6.92 Å². The lowest BCUT2D eigenvalue weighted by atomic mass is 10.0. The molecular weight excluding hydrogens is 464 g/mol. The minimum Gasteiger partial charge on any atom is -0.376 e. The molecule has 1 N–H and O–H groups in total. The molecule has 3 aromatic rings. The number of hydrogen-bond donors (Lipinski definition) is 1. The van der Waals surface area contributed by atoms with Crippen molar-refractivity contribution < 1.29 is 9.53 Å². The molecule has 0 unspecified atom stereocenters. The lowest BCUT2D eigenvalue weighted by molar-refractivity contribution is 0.0855. The van der Waals surface area contributed by atoms with Crippen LogP contribution in [-0.2, 0) is 11.2 Å². The summed E-state index contributed by atoms with van der Waals surface area (Å²) in [4.78, 5) is 27.4. The molecule has 2 atom stereocenters. The summed E-state index contributed by atoms with van der Waals surface area (Å²) in [5, 5.41) is 7.86. The van der Waals surface area contributed by atoms with Crippen LogP contribution in [-0.4, -0.2) is 29.7 Å². The van der Waals surface area contributed by atoms with Gasteiger partial charge in [-0.05, 0) is 60.4 Å². The van der Waals surface area contributed by atoms with Gasteiger partial charge in [0.15, 0.2) is 5.43 Å². The number of fused-ring (bicyclic) bond motifs is 3. The van der Waals surface area contributed by atoms with Crippen molar-refractivity contribution in [2.24, 2.45) is 0 Å². The fourth-order valence-electron chi connectivity index (χ4n) is 4.45. The molecule has 0 spiro atoms. The summed E-state index contributed by atoms with van der Waals surface area (Å²) >= 11 is 9.70. The first-order chi connectivity index (χ1) is 15.5. The molecule has 1 fully saturated rings. The second kappa shape index (κ2) is 9.06. The number of halogens is 1. The number of aromatic nitrogens is 1. The summed E-state index contributed by atoms with van der Waals surface area (Å²) in [5.41, 5.74) is 3.64. The molecule has 2 aliphatic rings. The van der Waals surface area contributed by atoms with Gasteiger partial charge in [0.2, 0.25) is 0 Å². The van der Waals surface area contributed by atoms with Gasteiger partial charge in [0.05, 0.1) is 11.8 Å². The number of thiophene rings is 1. The molecule has 5 rings (SSSR count). The molecule has 0 bridgehead atoms. The van der Waals surface area contributed by atoms with Crippen molar-refractivity contribution in [1.82, 2.24) is 9.88 Å². The van der Waals surface area contributed by atoms with Gasteiger partial charge in [-0.1, -0.05) is 11.6 Å². The van der Waals surface area contributed by atoms with Crippen molar-refractivity contribution in [1.29, 1.82) is 0 Å². The van der Waals surface area contributed by atoms with E-state index >= 15 is 0 Å². The summed E-state index contributed by atoms with van der Waals surface area (Å²) in [6.45, 7) is 3.05. The molecule has 166 valence electrons. The van der Waals surface area contributed by atoms with Crippen molar-refractivity contribution in [2.75, 3.05) is 13.2 Å². The summed E-state index contributed by atoms with van der Waals surface area (Å²) in [7, 11) is 0. The summed E-state index contributed by atoms with van der Waals surface area (Å²) in [6.07, 6.45) is 2.51. The number of hydrogen-bond acceptors (Lipinski definition) is 5. The van der Waals surface area contributed by atoms with E-state index in [9.17, 15) is 9.59 Å². The van der Waals surface area contributed by atoms with Crippen LogP contribution in [0.3, 0.4) is 0 Å². The Morgan fingerprint density at radius 2 is 2.19 bits per heavy atom. The maximum absolute atomic E-state index is 13.3. The van der Waals surface area contributed by atoms with Crippen molar-refractivity contribution >= 4 is 40.6 Å². The Bertz CT molecular complexity index is 1220. The number of carbonyl (C=O) groups is 1. The molecule has 8 heteroatoms. The molecule has 1 amide bonds. The highest BCUT2D eigenvalue weighted by molar-refractivity contribution is 7.99. The van der Waals surface area contributed by atoms with E-state index in [-0.39, 0.29) is 28.3 Å². The third-order valence-corrected chi connectivity index (χ3v) is 8.21. The highest BCUT2D eigenvalue weighted by atomic mass is 35.5. The Morgan fingerprint density at radius 1 is 1.31 bits per heavy atom. The van der Waals surface area contributed by atoms with E-state index in [1.54, 1.807) is 29.2 Å². The van der Waals surface area contributed by atoms with Crippen molar-refractivity contribution in [2.45, 2.75) is 42.4 Å². The standard InChI is InChI=1S/C24H23ClN2O3S2/c1-14-9-20(28)23(24(29)26-12-17-3-2-7-30-17)19-11-21(15-6-8-31-13-15)32-22-10-16(25)4-5-18(22)27(14)19/h4-6,8-10,13,17,21H,2-3,7,11-12H2,1H3,(H,26,29)/t17-,21-/m0/s1. The predicted molar refractivity (Wildman–Crippen MR) is 130 cm³/mol. The zero-order chi connectivity index (χ0) is 22.2.